The van der Waals surface area contributed by atoms with E-state index in [-0.39, 0.29) is 5.91 Å². The van der Waals surface area contributed by atoms with Crippen molar-refractivity contribution in [2.45, 2.75) is 13.5 Å². The standard InChI is InChI=1S/C21H21BrN2O2/c1-15-13-19(22)26-20(15)21(25)24-11-9-23(10-12-24)14-17-7-4-6-16-5-2-3-8-18(16)17/h2-8,13H,9-12,14H2,1H3. The molecule has 26 heavy (non-hydrogen) atoms. The molecule has 1 aliphatic rings. The molecule has 0 N–H and O–H groups in total. The average molecular weight is 413 g/mol. The molecule has 0 atom stereocenters. The molecule has 0 aliphatic carbocycles. The maximum atomic E-state index is 12.7. The number of carbonyl (C=O) groups is 1. The summed E-state index contributed by atoms with van der Waals surface area (Å²) in [6.45, 7) is 6.00. The highest BCUT2D eigenvalue weighted by Gasteiger charge is 2.26. The van der Waals surface area contributed by atoms with Gasteiger partial charge in [0.05, 0.1) is 0 Å². The van der Waals surface area contributed by atoms with Crippen LogP contribution in [0.3, 0.4) is 0 Å². The number of furan rings is 1. The van der Waals surface area contributed by atoms with Crippen LogP contribution in [0.5, 0.6) is 0 Å². The number of carbonyl (C=O) groups excluding carboxylic acids is 1. The van der Waals surface area contributed by atoms with E-state index in [1.54, 1.807) is 0 Å². The van der Waals surface area contributed by atoms with Crippen molar-refractivity contribution in [3.63, 3.8) is 0 Å². The average Bonchev–Trinajstić information content (AvgIpc) is 3.00. The third kappa shape index (κ3) is 3.41. The molecule has 0 unspecified atom stereocenters. The molecule has 3 aromatic rings. The van der Waals surface area contributed by atoms with Crippen molar-refractivity contribution in [1.29, 1.82) is 0 Å². The molecular weight excluding hydrogens is 392 g/mol. The van der Waals surface area contributed by atoms with Crippen molar-refractivity contribution >= 4 is 32.6 Å². The smallest absolute Gasteiger partial charge is 0.289 e. The van der Waals surface area contributed by atoms with Crippen molar-refractivity contribution in [3.05, 3.63) is 70.1 Å². The molecule has 5 heteroatoms. The van der Waals surface area contributed by atoms with Gasteiger partial charge in [0.15, 0.2) is 10.4 Å². The lowest BCUT2D eigenvalue weighted by Gasteiger charge is -2.34. The first-order chi connectivity index (χ1) is 12.6. The number of halogens is 1. The monoisotopic (exact) mass is 412 g/mol. The maximum Gasteiger partial charge on any atom is 0.289 e. The van der Waals surface area contributed by atoms with Gasteiger partial charge in [0.25, 0.3) is 5.91 Å². The fourth-order valence-electron chi connectivity index (χ4n) is 3.58. The van der Waals surface area contributed by atoms with Gasteiger partial charge in [-0.2, -0.15) is 0 Å². The van der Waals surface area contributed by atoms with E-state index in [1.165, 1.54) is 16.3 Å². The molecule has 134 valence electrons. The van der Waals surface area contributed by atoms with Crippen molar-refractivity contribution in [3.8, 4) is 0 Å². The number of aryl methyl sites for hydroxylation is 1. The van der Waals surface area contributed by atoms with Crippen molar-refractivity contribution in [1.82, 2.24) is 9.80 Å². The number of rotatable bonds is 3. The Hall–Kier alpha value is -2.11. The van der Waals surface area contributed by atoms with E-state index in [0.29, 0.717) is 10.4 Å². The SMILES string of the molecule is Cc1cc(Br)oc1C(=O)N1CCN(Cc2cccc3ccccc23)CC1. The second kappa shape index (κ2) is 7.25. The molecule has 0 spiro atoms. The fourth-order valence-corrected chi connectivity index (χ4v) is 4.08. The summed E-state index contributed by atoms with van der Waals surface area (Å²) in [5.41, 5.74) is 2.22. The van der Waals surface area contributed by atoms with E-state index < -0.39 is 0 Å². The van der Waals surface area contributed by atoms with Gasteiger partial charge in [-0.3, -0.25) is 9.69 Å². The molecule has 4 nitrogen and oxygen atoms in total. The minimum Gasteiger partial charge on any atom is -0.444 e. The zero-order valence-electron chi connectivity index (χ0n) is 14.7. The van der Waals surface area contributed by atoms with Gasteiger partial charge in [-0.05, 0) is 45.3 Å². The lowest BCUT2D eigenvalue weighted by Crippen LogP contribution is -2.48. The number of piperazine rings is 1. The van der Waals surface area contributed by atoms with Crippen LogP contribution >= 0.6 is 15.9 Å². The van der Waals surface area contributed by atoms with Gasteiger partial charge in [-0.25, -0.2) is 0 Å². The van der Waals surface area contributed by atoms with Crippen LogP contribution in [0.2, 0.25) is 0 Å². The third-order valence-corrected chi connectivity index (χ3v) is 5.41. The number of nitrogens with zero attached hydrogens (tertiary/aromatic N) is 2. The molecular formula is C21H21BrN2O2. The normalized spacial score (nSPS) is 15.5. The summed E-state index contributed by atoms with van der Waals surface area (Å²) in [6, 6.07) is 16.8. The van der Waals surface area contributed by atoms with E-state index in [0.717, 1.165) is 38.3 Å². The predicted molar refractivity (Wildman–Crippen MR) is 106 cm³/mol. The third-order valence-electron chi connectivity index (χ3n) is 5.02. The molecule has 4 rings (SSSR count). The predicted octanol–water partition coefficient (Wildman–Crippen LogP) is 4.46. The highest BCUT2D eigenvalue weighted by Crippen LogP contribution is 2.23. The summed E-state index contributed by atoms with van der Waals surface area (Å²) in [6.07, 6.45) is 0. The molecule has 1 amide bonds. The van der Waals surface area contributed by atoms with Gasteiger partial charge in [0, 0.05) is 38.3 Å². The number of benzene rings is 2. The van der Waals surface area contributed by atoms with Crippen LogP contribution in [-0.2, 0) is 6.54 Å². The number of hydrogen-bond acceptors (Lipinski definition) is 3. The summed E-state index contributed by atoms with van der Waals surface area (Å²) >= 11 is 3.30. The zero-order valence-corrected chi connectivity index (χ0v) is 16.3. The number of hydrogen-bond donors (Lipinski definition) is 0. The quantitative estimate of drug-likeness (QED) is 0.636. The highest BCUT2D eigenvalue weighted by molar-refractivity contribution is 9.10. The molecule has 1 aliphatic heterocycles. The van der Waals surface area contributed by atoms with Gasteiger partial charge in [-0.1, -0.05) is 42.5 Å². The summed E-state index contributed by atoms with van der Waals surface area (Å²) in [7, 11) is 0. The minimum absolute atomic E-state index is 0.0157. The number of amides is 1. The summed E-state index contributed by atoms with van der Waals surface area (Å²) < 4.78 is 6.12. The van der Waals surface area contributed by atoms with Crippen molar-refractivity contribution in [2.75, 3.05) is 26.2 Å². The molecule has 2 aromatic carbocycles. The van der Waals surface area contributed by atoms with Gasteiger partial charge in [0.1, 0.15) is 0 Å². The molecule has 1 saturated heterocycles. The Kier molecular flexibility index (Phi) is 4.83. The maximum absolute atomic E-state index is 12.7. The van der Waals surface area contributed by atoms with Crippen LogP contribution < -0.4 is 0 Å². The van der Waals surface area contributed by atoms with Crippen LogP contribution in [0.4, 0.5) is 0 Å². The summed E-state index contributed by atoms with van der Waals surface area (Å²) in [4.78, 5) is 17.0. The van der Waals surface area contributed by atoms with E-state index in [9.17, 15) is 4.79 Å². The Labute approximate surface area is 161 Å². The van der Waals surface area contributed by atoms with Crippen molar-refractivity contribution in [2.24, 2.45) is 0 Å². The van der Waals surface area contributed by atoms with Crippen molar-refractivity contribution < 1.29 is 9.21 Å². The first kappa shape index (κ1) is 17.3. The molecule has 1 fully saturated rings. The Balaban J connectivity index is 1.42. The largest absolute Gasteiger partial charge is 0.444 e. The van der Waals surface area contributed by atoms with Crippen LogP contribution in [0.15, 0.2) is 57.6 Å². The second-order valence-electron chi connectivity index (χ2n) is 6.77. The van der Waals surface area contributed by atoms with Gasteiger partial charge in [0.2, 0.25) is 0 Å². The zero-order chi connectivity index (χ0) is 18.1. The first-order valence-corrected chi connectivity index (χ1v) is 9.65. The Bertz CT molecular complexity index is 937. The van der Waals surface area contributed by atoms with E-state index >= 15 is 0 Å². The molecule has 1 aromatic heterocycles. The van der Waals surface area contributed by atoms with Gasteiger partial charge in [-0.15, -0.1) is 0 Å². The number of fused-ring (bicyclic) bond motifs is 1. The van der Waals surface area contributed by atoms with Gasteiger partial charge >= 0.3 is 0 Å². The highest BCUT2D eigenvalue weighted by atomic mass is 79.9. The molecule has 2 heterocycles. The van der Waals surface area contributed by atoms with E-state index in [1.807, 2.05) is 17.9 Å². The van der Waals surface area contributed by atoms with E-state index in [2.05, 4.69) is 63.3 Å². The summed E-state index contributed by atoms with van der Waals surface area (Å²) in [5.74, 6) is 0.428. The first-order valence-electron chi connectivity index (χ1n) is 8.86. The fraction of sp³-hybridized carbons (Fsp3) is 0.286. The second-order valence-corrected chi connectivity index (χ2v) is 7.55. The summed E-state index contributed by atoms with van der Waals surface area (Å²) in [5, 5.41) is 2.59. The minimum atomic E-state index is -0.0157. The van der Waals surface area contributed by atoms with E-state index in [4.69, 9.17) is 4.42 Å². The lowest BCUT2D eigenvalue weighted by atomic mass is 10.0. The van der Waals surface area contributed by atoms with Crippen LogP contribution in [0.25, 0.3) is 10.8 Å². The molecule has 0 saturated carbocycles. The molecule has 0 radical (unpaired) electrons. The van der Waals surface area contributed by atoms with Crippen LogP contribution in [-0.4, -0.2) is 41.9 Å². The molecule has 0 bridgehead atoms. The Morgan fingerprint density at radius 2 is 1.81 bits per heavy atom. The van der Waals surface area contributed by atoms with Crippen LogP contribution in [0.1, 0.15) is 21.7 Å². The Morgan fingerprint density at radius 3 is 2.54 bits per heavy atom. The lowest BCUT2D eigenvalue weighted by molar-refractivity contribution is 0.0596. The Morgan fingerprint density at radius 1 is 1.08 bits per heavy atom. The van der Waals surface area contributed by atoms with Gasteiger partial charge < -0.3 is 9.32 Å². The van der Waals surface area contributed by atoms with Crippen LogP contribution in [0, 0.1) is 6.92 Å². The topological polar surface area (TPSA) is 36.7 Å².